The van der Waals surface area contributed by atoms with Crippen LogP contribution < -0.4 is 4.74 Å². The minimum absolute atomic E-state index is 0.215. The Bertz CT molecular complexity index is 350. The van der Waals surface area contributed by atoms with Crippen LogP contribution >= 0.6 is 43.5 Å². The molecule has 0 bridgehead atoms. The van der Waals surface area contributed by atoms with Crippen LogP contribution in [0.2, 0.25) is 5.02 Å². The zero-order chi connectivity index (χ0) is 10.9. The fourth-order valence-electron chi connectivity index (χ4n) is 1.22. The Kier molecular flexibility index (Phi) is 4.29. The van der Waals surface area contributed by atoms with Gasteiger partial charge in [-0.05, 0) is 41.4 Å². The fraction of sp³-hybridized carbons (Fsp3) is 0.400. The molecule has 0 aliphatic rings. The molecule has 0 radical (unpaired) electrons. The van der Waals surface area contributed by atoms with Crippen molar-refractivity contribution in [1.82, 2.24) is 0 Å². The van der Waals surface area contributed by atoms with Gasteiger partial charge in [0.1, 0.15) is 5.75 Å². The first-order valence-electron chi connectivity index (χ1n) is 4.15. The zero-order valence-electron chi connectivity index (χ0n) is 8.20. The maximum atomic E-state index is 6.09. The number of alkyl halides is 1. The van der Waals surface area contributed by atoms with Crippen molar-refractivity contribution in [3.8, 4) is 5.75 Å². The molecule has 1 nitrogen and oxygen atoms in total. The quantitative estimate of drug-likeness (QED) is 0.696. The van der Waals surface area contributed by atoms with Crippen LogP contribution in [0, 0.1) is 6.92 Å². The first-order valence-corrected chi connectivity index (χ1v) is 6.24. The summed E-state index contributed by atoms with van der Waals surface area (Å²) in [5, 5.41) is 0.749. The highest BCUT2D eigenvalue weighted by atomic mass is 79.9. The highest BCUT2D eigenvalue weighted by Gasteiger charge is 2.16. The number of halogens is 3. The second-order valence-electron chi connectivity index (χ2n) is 3.04. The molecule has 0 saturated carbocycles. The lowest BCUT2D eigenvalue weighted by atomic mass is 10.1. The molecule has 1 rings (SSSR count). The summed E-state index contributed by atoms with van der Waals surface area (Å²) in [6.07, 6.45) is 0. The molecular formula is C10H11Br2ClO. The minimum atomic E-state index is 0.215. The monoisotopic (exact) mass is 340 g/mol. The summed E-state index contributed by atoms with van der Waals surface area (Å²) in [5.41, 5.74) is 2.05. The number of ether oxygens (including phenoxy) is 1. The van der Waals surface area contributed by atoms with Gasteiger partial charge in [0.15, 0.2) is 0 Å². The molecule has 1 aromatic carbocycles. The largest absolute Gasteiger partial charge is 0.495 e. The van der Waals surface area contributed by atoms with E-state index >= 15 is 0 Å². The van der Waals surface area contributed by atoms with E-state index in [2.05, 4.69) is 31.9 Å². The van der Waals surface area contributed by atoms with Crippen molar-refractivity contribution in [2.45, 2.75) is 18.7 Å². The molecule has 1 aromatic rings. The topological polar surface area (TPSA) is 9.23 Å². The number of rotatable bonds is 2. The summed E-state index contributed by atoms with van der Waals surface area (Å²) in [7, 11) is 1.66. The summed E-state index contributed by atoms with van der Waals surface area (Å²) in [6, 6.07) is 1.93. The third-order valence-corrected chi connectivity index (χ3v) is 3.90. The van der Waals surface area contributed by atoms with Crippen LogP contribution in [0.4, 0.5) is 0 Å². The SMILES string of the molecule is COc1c(C(C)Br)cc(Cl)c(C)c1Br. The average molecular weight is 342 g/mol. The van der Waals surface area contributed by atoms with Gasteiger partial charge >= 0.3 is 0 Å². The molecule has 0 aliphatic carbocycles. The lowest BCUT2D eigenvalue weighted by molar-refractivity contribution is 0.407. The van der Waals surface area contributed by atoms with Crippen LogP contribution in [0.25, 0.3) is 0 Å². The van der Waals surface area contributed by atoms with Gasteiger partial charge in [0.25, 0.3) is 0 Å². The highest BCUT2D eigenvalue weighted by Crippen LogP contribution is 2.41. The van der Waals surface area contributed by atoms with E-state index in [9.17, 15) is 0 Å². The van der Waals surface area contributed by atoms with Crippen LogP contribution in [-0.2, 0) is 0 Å². The van der Waals surface area contributed by atoms with E-state index in [0.29, 0.717) is 0 Å². The molecule has 0 aromatic heterocycles. The van der Waals surface area contributed by atoms with E-state index in [-0.39, 0.29) is 4.83 Å². The second-order valence-corrected chi connectivity index (χ2v) is 5.61. The van der Waals surface area contributed by atoms with E-state index in [0.717, 1.165) is 26.4 Å². The predicted octanol–water partition coefficient (Wildman–Crippen LogP) is 4.88. The lowest BCUT2D eigenvalue weighted by Crippen LogP contribution is -1.96. The van der Waals surface area contributed by atoms with Crippen LogP contribution in [0.15, 0.2) is 10.5 Å². The van der Waals surface area contributed by atoms with Crippen LogP contribution in [0.5, 0.6) is 5.75 Å². The molecule has 4 heteroatoms. The maximum Gasteiger partial charge on any atom is 0.137 e. The standard InChI is InChI=1S/C10H11Br2ClO/c1-5-8(13)4-7(6(2)11)10(14-3)9(5)12/h4,6H,1-3H3. The Balaban J connectivity index is 3.43. The zero-order valence-corrected chi connectivity index (χ0v) is 12.1. The minimum Gasteiger partial charge on any atom is -0.495 e. The maximum absolute atomic E-state index is 6.09. The molecule has 0 spiro atoms. The van der Waals surface area contributed by atoms with Gasteiger partial charge in [-0.1, -0.05) is 27.5 Å². The molecule has 14 heavy (non-hydrogen) atoms. The van der Waals surface area contributed by atoms with Gasteiger partial charge in [-0.3, -0.25) is 0 Å². The third-order valence-electron chi connectivity index (χ3n) is 2.06. The molecule has 0 heterocycles. The van der Waals surface area contributed by atoms with Gasteiger partial charge in [0.05, 0.1) is 11.6 Å². The first-order chi connectivity index (χ1) is 6.49. The highest BCUT2D eigenvalue weighted by molar-refractivity contribution is 9.10. The fourth-order valence-corrected chi connectivity index (χ4v) is 2.49. The smallest absolute Gasteiger partial charge is 0.137 e. The van der Waals surface area contributed by atoms with Crippen molar-refractivity contribution in [1.29, 1.82) is 0 Å². The Morgan fingerprint density at radius 3 is 2.50 bits per heavy atom. The molecule has 0 saturated heterocycles. The van der Waals surface area contributed by atoms with Gasteiger partial charge in [-0.2, -0.15) is 0 Å². The Morgan fingerprint density at radius 1 is 1.50 bits per heavy atom. The first kappa shape index (κ1) is 12.3. The van der Waals surface area contributed by atoms with Gasteiger partial charge in [-0.15, -0.1) is 0 Å². The van der Waals surface area contributed by atoms with Crippen LogP contribution in [0.1, 0.15) is 22.9 Å². The van der Waals surface area contributed by atoms with Crippen molar-refractivity contribution in [3.63, 3.8) is 0 Å². The summed E-state index contributed by atoms with van der Waals surface area (Å²) >= 11 is 13.1. The third kappa shape index (κ3) is 2.26. The number of hydrogen-bond donors (Lipinski definition) is 0. The van der Waals surface area contributed by atoms with Crippen molar-refractivity contribution in [2.75, 3.05) is 7.11 Å². The van der Waals surface area contributed by atoms with Crippen LogP contribution in [-0.4, -0.2) is 7.11 Å². The number of hydrogen-bond acceptors (Lipinski definition) is 1. The van der Waals surface area contributed by atoms with Crippen molar-refractivity contribution >= 4 is 43.5 Å². The number of benzene rings is 1. The van der Waals surface area contributed by atoms with E-state index in [4.69, 9.17) is 16.3 Å². The van der Waals surface area contributed by atoms with Gasteiger partial charge < -0.3 is 4.74 Å². The molecule has 0 fully saturated rings. The summed E-state index contributed by atoms with van der Waals surface area (Å²) in [5.74, 6) is 0.844. The van der Waals surface area contributed by atoms with Crippen molar-refractivity contribution < 1.29 is 4.74 Å². The molecule has 1 unspecified atom stereocenters. The van der Waals surface area contributed by atoms with Crippen molar-refractivity contribution in [2.24, 2.45) is 0 Å². The normalized spacial score (nSPS) is 12.7. The molecule has 1 atom stereocenters. The van der Waals surface area contributed by atoms with Crippen LogP contribution in [0.3, 0.4) is 0 Å². The molecule has 78 valence electrons. The van der Waals surface area contributed by atoms with Gasteiger partial charge in [0, 0.05) is 15.4 Å². The Morgan fingerprint density at radius 2 is 2.07 bits per heavy atom. The average Bonchev–Trinajstić information content (AvgIpc) is 2.13. The van der Waals surface area contributed by atoms with E-state index in [1.807, 2.05) is 19.9 Å². The number of methoxy groups -OCH3 is 1. The van der Waals surface area contributed by atoms with E-state index < -0.39 is 0 Å². The Labute approximate surface area is 106 Å². The van der Waals surface area contributed by atoms with E-state index in [1.165, 1.54) is 0 Å². The summed E-state index contributed by atoms with van der Waals surface area (Å²) < 4.78 is 6.26. The van der Waals surface area contributed by atoms with E-state index in [1.54, 1.807) is 7.11 Å². The van der Waals surface area contributed by atoms with Crippen molar-refractivity contribution in [3.05, 3.63) is 26.7 Å². The molecule has 0 amide bonds. The molecule has 0 N–H and O–H groups in total. The Hall–Kier alpha value is 0.270. The van der Waals surface area contributed by atoms with Gasteiger partial charge in [0.2, 0.25) is 0 Å². The van der Waals surface area contributed by atoms with Gasteiger partial charge in [-0.25, -0.2) is 0 Å². The summed E-state index contributed by atoms with van der Waals surface area (Å²) in [4.78, 5) is 0.215. The predicted molar refractivity (Wildman–Crippen MR) is 67.8 cm³/mol. The molecule has 0 aliphatic heterocycles. The second kappa shape index (κ2) is 4.86. The molecular weight excluding hydrogens is 331 g/mol. The lowest BCUT2D eigenvalue weighted by Gasteiger charge is -2.15. The summed E-state index contributed by atoms with van der Waals surface area (Å²) in [6.45, 7) is 3.99.